The molecule has 2 saturated heterocycles. The summed E-state index contributed by atoms with van der Waals surface area (Å²) in [6, 6.07) is 0. The molecule has 1 atom stereocenters. The Kier molecular flexibility index (Phi) is 8.32. The predicted octanol–water partition coefficient (Wildman–Crippen LogP) is 0.262. The highest BCUT2D eigenvalue weighted by molar-refractivity contribution is 5.80. The number of rotatable bonds is 7. The monoisotopic (exact) mass is 339 g/mol. The number of aliphatic imine (C=N–C) groups is 1. The number of nitrogens with two attached hydrogens (primary N) is 1. The van der Waals surface area contributed by atoms with Crippen molar-refractivity contribution < 1.29 is 9.53 Å². The van der Waals surface area contributed by atoms with E-state index in [2.05, 4.69) is 20.1 Å². The molecule has 0 aliphatic carbocycles. The highest BCUT2D eigenvalue weighted by Crippen LogP contribution is 2.19. The van der Waals surface area contributed by atoms with Crippen LogP contribution in [0.1, 0.15) is 32.1 Å². The number of morpholine rings is 1. The van der Waals surface area contributed by atoms with Gasteiger partial charge in [0.15, 0.2) is 5.96 Å². The Morgan fingerprint density at radius 2 is 2.08 bits per heavy atom. The Morgan fingerprint density at radius 1 is 1.29 bits per heavy atom. The third kappa shape index (κ3) is 6.65. The number of hydrogen-bond donors (Lipinski definition) is 2. The number of ether oxygens (including phenoxy) is 1. The smallest absolute Gasteiger partial charge is 0.217 e. The first-order valence-electron chi connectivity index (χ1n) is 9.23. The molecule has 2 heterocycles. The number of unbranched alkanes of at least 4 members (excludes halogenated alkanes) is 1. The van der Waals surface area contributed by atoms with Crippen LogP contribution in [0.25, 0.3) is 0 Å². The molecule has 0 aromatic carbocycles. The molecule has 2 rings (SSSR count). The van der Waals surface area contributed by atoms with E-state index in [0.717, 1.165) is 77.7 Å². The number of carbonyl (C=O) groups is 1. The number of nitrogens with one attached hydrogen (secondary N) is 1. The molecule has 1 unspecified atom stereocenters. The molecule has 0 aromatic heterocycles. The van der Waals surface area contributed by atoms with Crippen molar-refractivity contribution in [3.63, 3.8) is 0 Å². The first-order chi connectivity index (χ1) is 11.7. The molecule has 0 aromatic rings. The van der Waals surface area contributed by atoms with Gasteiger partial charge in [-0.25, -0.2) is 0 Å². The minimum absolute atomic E-state index is 0.201. The fraction of sp³-hybridized carbons (Fsp3) is 0.882. The number of primary amides is 1. The van der Waals surface area contributed by atoms with Gasteiger partial charge in [0.25, 0.3) is 0 Å². The lowest BCUT2D eigenvalue weighted by atomic mass is 9.95. The highest BCUT2D eigenvalue weighted by Gasteiger charge is 2.23. The maximum atomic E-state index is 11.1. The van der Waals surface area contributed by atoms with E-state index in [1.807, 2.05) is 7.05 Å². The molecule has 7 heteroatoms. The molecule has 1 amide bonds. The summed E-state index contributed by atoms with van der Waals surface area (Å²) in [5.41, 5.74) is 5.34. The Hall–Kier alpha value is -1.34. The standard InChI is InChI=1S/C17H33N5O2/c1-19-17(22-8-4-5-15(14-22)13-16(18)23)20-6-2-3-7-21-9-11-24-12-10-21/h15H,2-14H2,1H3,(H2,18,23)(H,19,20). The van der Waals surface area contributed by atoms with Gasteiger partial charge in [0, 0.05) is 46.2 Å². The molecule has 2 fully saturated rings. The third-order valence-electron chi connectivity index (χ3n) is 4.81. The number of amides is 1. The van der Waals surface area contributed by atoms with Crippen molar-refractivity contribution in [2.24, 2.45) is 16.6 Å². The lowest BCUT2D eigenvalue weighted by molar-refractivity contribution is -0.119. The quantitative estimate of drug-likeness (QED) is 0.395. The van der Waals surface area contributed by atoms with Crippen molar-refractivity contribution in [1.29, 1.82) is 0 Å². The maximum absolute atomic E-state index is 11.1. The van der Waals surface area contributed by atoms with Crippen molar-refractivity contribution in [1.82, 2.24) is 15.1 Å². The van der Waals surface area contributed by atoms with Crippen LogP contribution in [0.2, 0.25) is 0 Å². The summed E-state index contributed by atoms with van der Waals surface area (Å²) in [6.07, 6.45) is 4.97. The van der Waals surface area contributed by atoms with Gasteiger partial charge in [-0.15, -0.1) is 0 Å². The number of carbonyl (C=O) groups excluding carboxylic acids is 1. The SMILES string of the molecule is CN=C(NCCCCN1CCOCC1)N1CCCC(CC(N)=O)C1. The zero-order chi connectivity index (χ0) is 17.2. The van der Waals surface area contributed by atoms with Gasteiger partial charge in [-0.2, -0.15) is 0 Å². The van der Waals surface area contributed by atoms with Gasteiger partial charge < -0.3 is 20.7 Å². The largest absolute Gasteiger partial charge is 0.379 e. The highest BCUT2D eigenvalue weighted by atomic mass is 16.5. The van der Waals surface area contributed by atoms with Crippen LogP contribution in [0.4, 0.5) is 0 Å². The fourth-order valence-corrected chi connectivity index (χ4v) is 3.53. The van der Waals surface area contributed by atoms with Gasteiger partial charge in [0.1, 0.15) is 0 Å². The number of nitrogens with zero attached hydrogens (tertiary/aromatic N) is 3. The zero-order valence-electron chi connectivity index (χ0n) is 15.0. The molecular formula is C17H33N5O2. The number of piperidine rings is 1. The molecule has 3 N–H and O–H groups in total. The van der Waals surface area contributed by atoms with Gasteiger partial charge in [0.2, 0.25) is 5.91 Å². The Balaban J connectivity index is 1.63. The summed E-state index contributed by atoms with van der Waals surface area (Å²) < 4.78 is 5.37. The van der Waals surface area contributed by atoms with Crippen LogP contribution in [0.3, 0.4) is 0 Å². The maximum Gasteiger partial charge on any atom is 0.217 e. The van der Waals surface area contributed by atoms with Crippen LogP contribution in [-0.4, -0.2) is 81.2 Å². The van der Waals surface area contributed by atoms with Gasteiger partial charge >= 0.3 is 0 Å². The van der Waals surface area contributed by atoms with E-state index in [4.69, 9.17) is 10.5 Å². The topological polar surface area (TPSA) is 83.2 Å². The molecule has 0 radical (unpaired) electrons. The van der Waals surface area contributed by atoms with Gasteiger partial charge in [-0.1, -0.05) is 0 Å². The lowest BCUT2D eigenvalue weighted by Crippen LogP contribution is -2.47. The molecule has 0 spiro atoms. The number of hydrogen-bond acceptors (Lipinski definition) is 4. The second-order valence-electron chi connectivity index (χ2n) is 6.76. The van der Waals surface area contributed by atoms with E-state index in [1.54, 1.807) is 0 Å². The first-order valence-corrected chi connectivity index (χ1v) is 9.23. The van der Waals surface area contributed by atoms with Crippen molar-refractivity contribution in [2.75, 3.05) is 59.5 Å². The molecule has 0 bridgehead atoms. The molecule has 7 nitrogen and oxygen atoms in total. The van der Waals surface area contributed by atoms with Gasteiger partial charge in [-0.3, -0.25) is 14.7 Å². The summed E-state index contributed by atoms with van der Waals surface area (Å²) in [4.78, 5) is 20.3. The van der Waals surface area contributed by atoms with Crippen molar-refractivity contribution in [3.05, 3.63) is 0 Å². The van der Waals surface area contributed by atoms with Crippen molar-refractivity contribution >= 4 is 11.9 Å². The van der Waals surface area contributed by atoms with Gasteiger partial charge in [0.05, 0.1) is 13.2 Å². The summed E-state index contributed by atoms with van der Waals surface area (Å²) in [5, 5.41) is 3.47. The van der Waals surface area contributed by atoms with E-state index in [1.165, 1.54) is 6.42 Å². The van der Waals surface area contributed by atoms with Crippen LogP contribution in [-0.2, 0) is 9.53 Å². The van der Waals surface area contributed by atoms with Crippen molar-refractivity contribution in [3.8, 4) is 0 Å². The minimum Gasteiger partial charge on any atom is -0.379 e. The summed E-state index contributed by atoms with van der Waals surface area (Å²) >= 11 is 0. The van der Waals surface area contributed by atoms with Crippen LogP contribution in [0.15, 0.2) is 4.99 Å². The molecule has 24 heavy (non-hydrogen) atoms. The summed E-state index contributed by atoms with van der Waals surface area (Å²) in [7, 11) is 1.83. The average Bonchev–Trinajstić information content (AvgIpc) is 2.58. The molecule has 138 valence electrons. The second kappa shape index (κ2) is 10.5. The van der Waals surface area contributed by atoms with Crippen LogP contribution in [0, 0.1) is 5.92 Å². The second-order valence-corrected chi connectivity index (χ2v) is 6.76. The Morgan fingerprint density at radius 3 is 2.79 bits per heavy atom. The van der Waals surface area contributed by atoms with Gasteiger partial charge in [-0.05, 0) is 38.1 Å². The molecular weight excluding hydrogens is 306 g/mol. The van der Waals surface area contributed by atoms with Crippen LogP contribution >= 0.6 is 0 Å². The third-order valence-corrected chi connectivity index (χ3v) is 4.81. The first kappa shape index (κ1) is 19.0. The van der Waals surface area contributed by atoms with Crippen LogP contribution in [0.5, 0.6) is 0 Å². The molecule has 2 aliphatic heterocycles. The Bertz CT molecular complexity index is 410. The van der Waals surface area contributed by atoms with Crippen LogP contribution < -0.4 is 11.1 Å². The summed E-state index contributed by atoms with van der Waals surface area (Å²) in [6.45, 7) is 7.81. The number of guanidine groups is 1. The van der Waals surface area contributed by atoms with E-state index in [0.29, 0.717) is 12.3 Å². The lowest BCUT2D eigenvalue weighted by Gasteiger charge is -2.34. The molecule has 2 aliphatic rings. The van der Waals surface area contributed by atoms with E-state index >= 15 is 0 Å². The average molecular weight is 339 g/mol. The minimum atomic E-state index is -0.201. The Labute approximate surface area is 145 Å². The fourth-order valence-electron chi connectivity index (χ4n) is 3.53. The predicted molar refractivity (Wildman–Crippen MR) is 96.0 cm³/mol. The van der Waals surface area contributed by atoms with E-state index < -0.39 is 0 Å². The summed E-state index contributed by atoms with van der Waals surface area (Å²) in [5.74, 6) is 1.11. The van der Waals surface area contributed by atoms with Crippen molar-refractivity contribution in [2.45, 2.75) is 32.1 Å². The zero-order valence-corrected chi connectivity index (χ0v) is 15.0. The van der Waals surface area contributed by atoms with E-state index in [9.17, 15) is 4.79 Å². The van der Waals surface area contributed by atoms with E-state index in [-0.39, 0.29) is 5.91 Å². The molecule has 0 saturated carbocycles. The number of likely N-dealkylation sites (tertiary alicyclic amines) is 1. The normalized spacial score (nSPS) is 23.3.